The lowest BCUT2D eigenvalue weighted by molar-refractivity contribution is 0.412. The summed E-state index contributed by atoms with van der Waals surface area (Å²) in [7, 11) is 1.66. The molecule has 0 aliphatic heterocycles. The van der Waals surface area contributed by atoms with Gasteiger partial charge in [-0.05, 0) is 37.1 Å². The third kappa shape index (κ3) is 3.04. The molecule has 1 aliphatic carbocycles. The lowest BCUT2D eigenvalue weighted by Gasteiger charge is -2.27. The summed E-state index contributed by atoms with van der Waals surface area (Å²) in [5, 5.41) is 3.34. The fraction of sp³-hybridized carbons (Fsp3) is 0.412. The van der Waals surface area contributed by atoms with E-state index in [4.69, 9.17) is 15.5 Å². The number of methoxy groups -OCH3 is 1. The van der Waals surface area contributed by atoms with E-state index in [1.54, 1.807) is 7.11 Å². The van der Waals surface area contributed by atoms with E-state index >= 15 is 0 Å². The van der Waals surface area contributed by atoms with Crippen molar-refractivity contribution in [3.8, 4) is 17.1 Å². The fourth-order valence-corrected chi connectivity index (χ4v) is 2.61. The van der Waals surface area contributed by atoms with Crippen LogP contribution in [-0.4, -0.2) is 30.2 Å². The SMILES string of the molecule is COc1ccc(-c2ncc(NCCN)c(C3CCC3)n2)cc1. The van der Waals surface area contributed by atoms with Gasteiger partial charge in [0.2, 0.25) is 0 Å². The standard InChI is InChI=1S/C17H22N4O/c1-22-14-7-5-13(6-8-14)17-20-11-15(19-10-9-18)16(21-17)12-3-2-4-12/h5-8,11-12,19H,2-4,9-10,18H2,1H3. The van der Waals surface area contributed by atoms with E-state index in [2.05, 4.69) is 10.3 Å². The van der Waals surface area contributed by atoms with Crippen LogP contribution in [0.5, 0.6) is 5.75 Å². The zero-order chi connectivity index (χ0) is 15.4. The van der Waals surface area contributed by atoms with Gasteiger partial charge in [-0.2, -0.15) is 0 Å². The molecule has 3 N–H and O–H groups in total. The second-order valence-corrected chi connectivity index (χ2v) is 5.56. The first kappa shape index (κ1) is 14.8. The van der Waals surface area contributed by atoms with E-state index in [0.29, 0.717) is 12.5 Å². The van der Waals surface area contributed by atoms with Gasteiger partial charge in [0.25, 0.3) is 0 Å². The molecule has 116 valence electrons. The Hall–Kier alpha value is -2.14. The summed E-state index contributed by atoms with van der Waals surface area (Å²) < 4.78 is 5.19. The number of nitrogens with two attached hydrogens (primary N) is 1. The van der Waals surface area contributed by atoms with E-state index in [-0.39, 0.29) is 0 Å². The summed E-state index contributed by atoms with van der Waals surface area (Å²) in [4.78, 5) is 9.32. The molecule has 0 atom stereocenters. The minimum absolute atomic E-state index is 0.542. The number of anilines is 1. The topological polar surface area (TPSA) is 73.1 Å². The number of benzene rings is 1. The molecule has 5 nitrogen and oxygen atoms in total. The Balaban J connectivity index is 1.90. The van der Waals surface area contributed by atoms with Gasteiger partial charge in [-0.1, -0.05) is 6.42 Å². The average molecular weight is 298 g/mol. The van der Waals surface area contributed by atoms with Crippen molar-refractivity contribution in [1.82, 2.24) is 9.97 Å². The van der Waals surface area contributed by atoms with Crippen LogP contribution in [0.1, 0.15) is 30.9 Å². The molecule has 2 aromatic rings. The number of nitrogens with one attached hydrogen (secondary N) is 1. The van der Waals surface area contributed by atoms with Gasteiger partial charge in [-0.25, -0.2) is 9.97 Å². The highest BCUT2D eigenvalue weighted by atomic mass is 16.5. The summed E-state index contributed by atoms with van der Waals surface area (Å²) in [5.74, 6) is 2.15. The normalized spacial score (nSPS) is 14.5. The summed E-state index contributed by atoms with van der Waals surface area (Å²) in [6, 6.07) is 7.85. The molecule has 0 saturated heterocycles. The Morgan fingerprint density at radius 2 is 2.05 bits per heavy atom. The predicted octanol–water partition coefficient (Wildman–Crippen LogP) is 2.79. The van der Waals surface area contributed by atoms with Crippen LogP contribution in [0.25, 0.3) is 11.4 Å². The van der Waals surface area contributed by atoms with Crippen LogP contribution in [0.4, 0.5) is 5.69 Å². The Labute approximate surface area is 130 Å². The lowest BCUT2D eigenvalue weighted by atomic mass is 9.82. The quantitative estimate of drug-likeness (QED) is 0.858. The van der Waals surface area contributed by atoms with Gasteiger partial charge in [-0.3, -0.25) is 0 Å². The third-order valence-corrected chi connectivity index (χ3v) is 4.12. The van der Waals surface area contributed by atoms with Gasteiger partial charge in [0.05, 0.1) is 24.7 Å². The highest BCUT2D eigenvalue weighted by molar-refractivity contribution is 5.59. The Kier molecular flexibility index (Phi) is 4.53. The predicted molar refractivity (Wildman–Crippen MR) is 88.2 cm³/mol. The summed E-state index contributed by atoms with van der Waals surface area (Å²) in [6.07, 6.45) is 5.57. The minimum Gasteiger partial charge on any atom is -0.497 e. The molecule has 1 heterocycles. The largest absolute Gasteiger partial charge is 0.497 e. The van der Waals surface area contributed by atoms with E-state index < -0.39 is 0 Å². The zero-order valence-corrected chi connectivity index (χ0v) is 12.9. The number of hydrogen-bond acceptors (Lipinski definition) is 5. The van der Waals surface area contributed by atoms with Crippen molar-refractivity contribution in [2.24, 2.45) is 5.73 Å². The molecular formula is C17H22N4O. The molecule has 0 amide bonds. The van der Waals surface area contributed by atoms with Crippen LogP contribution in [-0.2, 0) is 0 Å². The van der Waals surface area contributed by atoms with E-state index in [0.717, 1.165) is 35.1 Å². The van der Waals surface area contributed by atoms with E-state index in [9.17, 15) is 0 Å². The Morgan fingerprint density at radius 1 is 1.27 bits per heavy atom. The fourth-order valence-electron chi connectivity index (χ4n) is 2.61. The Bertz CT molecular complexity index is 623. The molecule has 22 heavy (non-hydrogen) atoms. The molecule has 1 aromatic heterocycles. The van der Waals surface area contributed by atoms with Crippen molar-refractivity contribution in [2.75, 3.05) is 25.5 Å². The Morgan fingerprint density at radius 3 is 2.64 bits per heavy atom. The molecule has 3 rings (SSSR count). The molecule has 5 heteroatoms. The summed E-state index contributed by atoms with van der Waals surface area (Å²) in [5.41, 5.74) is 8.73. The molecule has 0 bridgehead atoms. The lowest BCUT2D eigenvalue weighted by Crippen LogP contribution is -2.18. The molecule has 1 fully saturated rings. The number of rotatable bonds is 6. The number of nitrogens with zero attached hydrogens (tertiary/aromatic N) is 2. The van der Waals surface area contributed by atoms with Crippen molar-refractivity contribution < 1.29 is 4.74 Å². The van der Waals surface area contributed by atoms with Crippen LogP contribution in [0.2, 0.25) is 0 Å². The van der Waals surface area contributed by atoms with E-state index in [1.807, 2.05) is 30.5 Å². The number of ether oxygens (including phenoxy) is 1. The van der Waals surface area contributed by atoms with Crippen molar-refractivity contribution in [1.29, 1.82) is 0 Å². The maximum absolute atomic E-state index is 5.58. The average Bonchev–Trinajstić information content (AvgIpc) is 2.52. The first-order valence-electron chi connectivity index (χ1n) is 7.77. The number of hydrogen-bond donors (Lipinski definition) is 2. The first-order valence-corrected chi connectivity index (χ1v) is 7.77. The molecule has 1 aromatic carbocycles. The van der Waals surface area contributed by atoms with Crippen molar-refractivity contribution in [3.63, 3.8) is 0 Å². The van der Waals surface area contributed by atoms with Crippen LogP contribution < -0.4 is 15.8 Å². The van der Waals surface area contributed by atoms with Gasteiger partial charge >= 0.3 is 0 Å². The molecule has 1 saturated carbocycles. The maximum Gasteiger partial charge on any atom is 0.159 e. The van der Waals surface area contributed by atoms with Gasteiger partial charge in [0.15, 0.2) is 5.82 Å². The van der Waals surface area contributed by atoms with Gasteiger partial charge in [0, 0.05) is 24.6 Å². The molecule has 0 unspecified atom stereocenters. The monoisotopic (exact) mass is 298 g/mol. The van der Waals surface area contributed by atoms with Crippen LogP contribution in [0, 0.1) is 0 Å². The highest BCUT2D eigenvalue weighted by Gasteiger charge is 2.24. The summed E-state index contributed by atoms with van der Waals surface area (Å²) in [6.45, 7) is 1.34. The molecule has 1 aliphatic rings. The summed E-state index contributed by atoms with van der Waals surface area (Å²) >= 11 is 0. The minimum atomic E-state index is 0.542. The molecular weight excluding hydrogens is 276 g/mol. The molecule has 0 spiro atoms. The van der Waals surface area contributed by atoms with E-state index in [1.165, 1.54) is 19.3 Å². The third-order valence-electron chi connectivity index (χ3n) is 4.12. The van der Waals surface area contributed by atoms with Crippen LogP contribution in [0.15, 0.2) is 30.5 Å². The van der Waals surface area contributed by atoms with Crippen molar-refractivity contribution in [3.05, 3.63) is 36.2 Å². The second-order valence-electron chi connectivity index (χ2n) is 5.56. The highest BCUT2D eigenvalue weighted by Crippen LogP contribution is 2.39. The van der Waals surface area contributed by atoms with Gasteiger partial charge in [-0.15, -0.1) is 0 Å². The maximum atomic E-state index is 5.58. The zero-order valence-electron chi connectivity index (χ0n) is 12.9. The second kappa shape index (κ2) is 6.75. The van der Waals surface area contributed by atoms with Crippen molar-refractivity contribution >= 4 is 5.69 Å². The first-order chi connectivity index (χ1) is 10.8. The van der Waals surface area contributed by atoms with Crippen molar-refractivity contribution in [2.45, 2.75) is 25.2 Å². The van der Waals surface area contributed by atoms with Crippen LogP contribution >= 0.6 is 0 Å². The van der Waals surface area contributed by atoms with Gasteiger partial charge in [0.1, 0.15) is 5.75 Å². The molecule has 0 radical (unpaired) electrons. The number of aromatic nitrogens is 2. The van der Waals surface area contributed by atoms with Gasteiger partial charge < -0.3 is 15.8 Å². The van der Waals surface area contributed by atoms with Crippen LogP contribution in [0.3, 0.4) is 0 Å². The smallest absolute Gasteiger partial charge is 0.159 e.